The molecule has 0 amide bonds. The number of hydrogen-bond donors (Lipinski definition) is 1. The van der Waals surface area contributed by atoms with E-state index < -0.39 is 0 Å². The van der Waals surface area contributed by atoms with Gasteiger partial charge in [0.15, 0.2) is 0 Å². The summed E-state index contributed by atoms with van der Waals surface area (Å²) in [6.07, 6.45) is 4.23. The zero-order valence-corrected chi connectivity index (χ0v) is 24.8. The largest absolute Gasteiger partial charge is 0.508 e. The first-order chi connectivity index (χ1) is 22.7. The highest BCUT2D eigenvalue weighted by molar-refractivity contribution is 6.27. The molecule has 5 nitrogen and oxygen atoms in total. The number of para-hydroxylation sites is 2. The van der Waals surface area contributed by atoms with E-state index in [0.717, 1.165) is 66.1 Å². The fraction of sp³-hybridized carbons (Fsp3) is 0.0244. The summed E-state index contributed by atoms with van der Waals surface area (Å²) in [5.41, 5.74) is 8.11. The van der Waals surface area contributed by atoms with Crippen LogP contribution in [-0.2, 0) is 0 Å². The maximum atomic E-state index is 10.6. The van der Waals surface area contributed by atoms with E-state index in [1.54, 1.807) is 6.07 Å². The number of aromatic hydroxyl groups is 1. The predicted octanol–water partition coefficient (Wildman–Crippen LogP) is 9.60. The Bertz CT molecular complexity index is 2520. The maximum Gasteiger partial charge on any atom is 0.231 e. The van der Waals surface area contributed by atoms with Gasteiger partial charge in [0.1, 0.15) is 5.75 Å². The summed E-state index contributed by atoms with van der Waals surface area (Å²) in [4.78, 5) is 10.7. The maximum absolute atomic E-state index is 10.6. The van der Waals surface area contributed by atoms with E-state index in [1.807, 2.05) is 42.5 Å². The number of aliphatic imine (C=N–C) groups is 2. The van der Waals surface area contributed by atoms with Crippen molar-refractivity contribution in [1.82, 2.24) is 9.13 Å². The zero-order valence-electron chi connectivity index (χ0n) is 24.8. The molecule has 0 saturated carbocycles. The second-order valence-corrected chi connectivity index (χ2v) is 11.6. The number of rotatable bonds is 3. The molecule has 1 atom stereocenters. The molecule has 218 valence electrons. The Balaban J connectivity index is 1.45. The van der Waals surface area contributed by atoms with Gasteiger partial charge >= 0.3 is 0 Å². The molecule has 0 bridgehead atoms. The Labute approximate surface area is 265 Å². The molecule has 9 rings (SSSR count). The quantitative estimate of drug-likeness (QED) is 0.218. The second kappa shape index (κ2) is 10.5. The van der Waals surface area contributed by atoms with E-state index in [0.29, 0.717) is 5.96 Å². The molecular formula is C41H28N4O. The molecule has 46 heavy (non-hydrogen) atoms. The zero-order chi connectivity index (χ0) is 30.6. The number of phenols is 1. The summed E-state index contributed by atoms with van der Waals surface area (Å²) in [6, 6.07) is 49.3. The minimum Gasteiger partial charge on any atom is -0.508 e. The van der Waals surface area contributed by atoms with Crippen LogP contribution in [0.5, 0.6) is 5.75 Å². The highest BCUT2D eigenvalue weighted by atomic mass is 16.3. The van der Waals surface area contributed by atoms with Crippen LogP contribution in [0.15, 0.2) is 168 Å². The average Bonchev–Trinajstić information content (AvgIpc) is 3.52. The minimum atomic E-state index is -0.228. The number of nitrogens with zero attached hydrogens (tertiary/aromatic N) is 4. The van der Waals surface area contributed by atoms with Crippen molar-refractivity contribution >= 4 is 55.3 Å². The van der Waals surface area contributed by atoms with Crippen LogP contribution in [0, 0.1) is 0 Å². The van der Waals surface area contributed by atoms with Crippen molar-refractivity contribution < 1.29 is 5.11 Å². The molecule has 0 radical (unpaired) electrons. The number of benzene rings is 6. The normalized spacial score (nSPS) is 15.0. The number of hydrogen-bond acceptors (Lipinski definition) is 3. The van der Waals surface area contributed by atoms with Gasteiger partial charge in [0.2, 0.25) is 5.96 Å². The molecule has 1 N–H and O–H groups in total. The third-order valence-corrected chi connectivity index (χ3v) is 8.88. The molecular weight excluding hydrogens is 564 g/mol. The van der Waals surface area contributed by atoms with Crippen LogP contribution >= 0.6 is 0 Å². The Hall–Kier alpha value is -6.20. The summed E-state index contributed by atoms with van der Waals surface area (Å²) in [5.74, 6) is 0.853. The first kappa shape index (κ1) is 26.2. The summed E-state index contributed by atoms with van der Waals surface area (Å²) < 4.78 is 4.53. The lowest BCUT2D eigenvalue weighted by atomic mass is 10.1. The molecule has 5 heteroatoms. The van der Waals surface area contributed by atoms with Crippen LogP contribution in [0.1, 0.15) is 17.2 Å². The van der Waals surface area contributed by atoms with Gasteiger partial charge < -0.3 is 9.67 Å². The Morgan fingerprint density at radius 2 is 1.17 bits per heavy atom. The van der Waals surface area contributed by atoms with E-state index in [-0.39, 0.29) is 11.8 Å². The molecule has 6 aromatic carbocycles. The third-order valence-electron chi connectivity index (χ3n) is 8.88. The summed E-state index contributed by atoms with van der Waals surface area (Å²) in [6.45, 7) is 0. The summed E-state index contributed by atoms with van der Waals surface area (Å²) in [7, 11) is 0. The van der Waals surface area contributed by atoms with Gasteiger partial charge in [-0.05, 0) is 48.0 Å². The van der Waals surface area contributed by atoms with Gasteiger partial charge in [0, 0.05) is 32.8 Å². The smallest absolute Gasteiger partial charge is 0.231 e. The molecule has 3 heterocycles. The molecule has 0 fully saturated rings. The number of phenolic OH excluding ortho intramolecular Hbond substituents is 1. The summed E-state index contributed by atoms with van der Waals surface area (Å²) >= 11 is 0. The van der Waals surface area contributed by atoms with Gasteiger partial charge in [-0.2, -0.15) is 0 Å². The second-order valence-electron chi connectivity index (χ2n) is 11.6. The van der Waals surface area contributed by atoms with Crippen molar-refractivity contribution in [2.24, 2.45) is 9.98 Å². The lowest BCUT2D eigenvalue weighted by Crippen LogP contribution is -2.13. The molecule has 0 saturated heterocycles. The lowest BCUT2D eigenvalue weighted by molar-refractivity contribution is 0.476. The lowest BCUT2D eigenvalue weighted by Gasteiger charge is -2.14. The van der Waals surface area contributed by atoms with Gasteiger partial charge in [0.25, 0.3) is 0 Å². The van der Waals surface area contributed by atoms with Crippen molar-refractivity contribution in [3.63, 3.8) is 0 Å². The molecule has 0 aliphatic carbocycles. The first-order valence-electron chi connectivity index (χ1n) is 15.4. The van der Waals surface area contributed by atoms with Crippen LogP contribution in [-0.4, -0.2) is 25.9 Å². The van der Waals surface area contributed by atoms with E-state index in [2.05, 4.69) is 118 Å². The Morgan fingerprint density at radius 1 is 0.543 bits per heavy atom. The van der Waals surface area contributed by atoms with E-state index in [4.69, 9.17) is 9.98 Å². The van der Waals surface area contributed by atoms with Crippen LogP contribution < -0.4 is 0 Å². The Kier molecular flexibility index (Phi) is 5.96. The molecule has 0 spiro atoms. The number of fused-ring (bicyclic) bond motifs is 7. The average molecular weight is 593 g/mol. The van der Waals surface area contributed by atoms with Crippen molar-refractivity contribution in [2.45, 2.75) is 6.04 Å². The monoisotopic (exact) mass is 592 g/mol. The highest BCUT2D eigenvalue weighted by Gasteiger charge is 2.24. The van der Waals surface area contributed by atoms with Crippen LogP contribution in [0.25, 0.3) is 49.3 Å². The van der Waals surface area contributed by atoms with Crippen LogP contribution in [0.2, 0.25) is 0 Å². The van der Waals surface area contributed by atoms with Crippen molar-refractivity contribution in [3.05, 3.63) is 169 Å². The molecule has 8 aromatic rings. The van der Waals surface area contributed by atoms with Crippen molar-refractivity contribution in [3.8, 4) is 11.4 Å². The SMILES string of the molecule is Oc1ccc2c(c1)c1ccc3c4ccccc4n(C4=NC(c5ccccc5)C=CC(c5ccccc5)=N4)c3c1n2-c1ccccc1. The van der Waals surface area contributed by atoms with Crippen LogP contribution in [0.4, 0.5) is 0 Å². The van der Waals surface area contributed by atoms with Gasteiger partial charge in [-0.3, -0.25) is 4.57 Å². The van der Waals surface area contributed by atoms with Gasteiger partial charge in [-0.1, -0.05) is 115 Å². The molecule has 1 aliphatic rings. The topological polar surface area (TPSA) is 54.8 Å². The van der Waals surface area contributed by atoms with Crippen molar-refractivity contribution in [1.29, 1.82) is 0 Å². The van der Waals surface area contributed by atoms with Crippen molar-refractivity contribution in [2.75, 3.05) is 0 Å². The summed E-state index contributed by atoms with van der Waals surface area (Å²) in [5, 5.41) is 14.9. The molecule has 2 aromatic heterocycles. The van der Waals surface area contributed by atoms with Gasteiger partial charge in [-0.25, -0.2) is 9.98 Å². The minimum absolute atomic E-state index is 0.228. The standard InChI is InChI=1S/C41H28N4O/c46-30-20-25-38-34(26-30)33-22-21-32-31-18-10-11-19-37(31)45(40(32)39(33)44(38)29-16-8-3-9-17-29)41-42-35(27-12-4-1-5-13-27)23-24-36(43-41)28-14-6-2-7-15-28/h1-26,35,46H. The number of aromatic nitrogens is 2. The molecule has 1 unspecified atom stereocenters. The molecule has 1 aliphatic heterocycles. The fourth-order valence-electron chi connectivity index (χ4n) is 6.83. The van der Waals surface area contributed by atoms with Gasteiger partial charge in [-0.15, -0.1) is 0 Å². The highest BCUT2D eigenvalue weighted by Crippen LogP contribution is 2.41. The first-order valence-corrected chi connectivity index (χ1v) is 15.4. The van der Waals surface area contributed by atoms with E-state index in [9.17, 15) is 5.11 Å². The Morgan fingerprint density at radius 3 is 1.96 bits per heavy atom. The van der Waals surface area contributed by atoms with E-state index >= 15 is 0 Å². The van der Waals surface area contributed by atoms with Crippen LogP contribution in [0.3, 0.4) is 0 Å². The number of allylic oxidation sites excluding steroid dienone is 1. The van der Waals surface area contributed by atoms with Gasteiger partial charge in [0.05, 0.1) is 33.8 Å². The fourth-order valence-corrected chi connectivity index (χ4v) is 6.83. The predicted molar refractivity (Wildman–Crippen MR) is 190 cm³/mol. The van der Waals surface area contributed by atoms with E-state index in [1.165, 1.54) is 0 Å². The third kappa shape index (κ3) is 4.10.